The van der Waals surface area contributed by atoms with Crippen molar-refractivity contribution in [2.75, 3.05) is 0 Å². The normalized spacial score (nSPS) is 22.6. The van der Waals surface area contributed by atoms with Crippen molar-refractivity contribution < 1.29 is 4.92 Å². The van der Waals surface area contributed by atoms with Gasteiger partial charge in [-0.1, -0.05) is 30.2 Å². The van der Waals surface area contributed by atoms with Crippen molar-refractivity contribution in [3.63, 3.8) is 0 Å². The van der Waals surface area contributed by atoms with Gasteiger partial charge in [-0.25, -0.2) is 0 Å². The fraction of sp³-hybridized carbons (Fsp3) is 0.385. The van der Waals surface area contributed by atoms with Crippen LogP contribution in [-0.4, -0.2) is 11.0 Å². The standard InChI is InChI=1S/C13H16N2O2/c14-13-7-2-1-5-11(13)8-10-4-3-6-12(9-10)15(16)17/h3-4,6,8-9,13H,1-2,5,7,14H2. The van der Waals surface area contributed by atoms with Crippen LogP contribution in [0.3, 0.4) is 0 Å². The molecule has 1 unspecified atom stereocenters. The van der Waals surface area contributed by atoms with E-state index >= 15 is 0 Å². The van der Waals surface area contributed by atoms with Crippen LogP contribution in [0.15, 0.2) is 29.8 Å². The molecule has 1 atom stereocenters. The van der Waals surface area contributed by atoms with E-state index in [9.17, 15) is 10.1 Å². The van der Waals surface area contributed by atoms with Gasteiger partial charge in [0, 0.05) is 18.2 Å². The van der Waals surface area contributed by atoms with E-state index in [0.29, 0.717) is 0 Å². The summed E-state index contributed by atoms with van der Waals surface area (Å²) in [5, 5.41) is 10.7. The van der Waals surface area contributed by atoms with Gasteiger partial charge >= 0.3 is 0 Å². The highest BCUT2D eigenvalue weighted by Crippen LogP contribution is 2.25. The molecule has 1 fully saturated rings. The zero-order valence-electron chi connectivity index (χ0n) is 9.63. The van der Waals surface area contributed by atoms with Crippen LogP contribution in [0, 0.1) is 10.1 Å². The predicted octanol–water partition coefficient (Wildman–Crippen LogP) is 2.88. The highest BCUT2D eigenvalue weighted by atomic mass is 16.6. The number of nitrogens with zero attached hydrogens (tertiary/aromatic N) is 1. The molecule has 0 bridgehead atoms. The van der Waals surface area contributed by atoms with E-state index in [0.717, 1.165) is 24.8 Å². The molecule has 0 spiro atoms. The molecule has 0 aliphatic heterocycles. The summed E-state index contributed by atoms with van der Waals surface area (Å²) in [6.07, 6.45) is 6.35. The highest BCUT2D eigenvalue weighted by molar-refractivity contribution is 5.57. The van der Waals surface area contributed by atoms with Crippen LogP contribution in [0.2, 0.25) is 0 Å². The molecule has 0 radical (unpaired) electrons. The lowest BCUT2D eigenvalue weighted by molar-refractivity contribution is -0.384. The Labute approximate surface area is 100 Å². The van der Waals surface area contributed by atoms with E-state index in [4.69, 9.17) is 5.73 Å². The summed E-state index contributed by atoms with van der Waals surface area (Å²) in [5.41, 5.74) is 8.22. The first-order valence-corrected chi connectivity index (χ1v) is 5.87. The molecule has 0 heterocycles. The minimum atomic E-state index is -0.372. The van der Waals surface area contributed by atoms with Crippen LogP contribution in [0.4, 0.5) is 5.69 Å². The third kappa shape index (κ3) is 2.91. The van der Waals surface area contributed by atoms with Crippen molar-refractivity contribution in [3.8, 4) is 0 Å². The van der Waals surface area contributed by atoms with Crippen LogP contribution in [0.1, 0.15) is 31.2 Å². The molecule has 1 aliphatic carbocycles. The van der Waals surface area contributed by atoms with E-state index in [2.05, 4.69) is 0 Å². The number of non-ortho nitro benzene ring substituents is 1. The lowest BCUT2D eigenvalue weighted by Gasteiger charge is -2.21. The maximum atomic E-state index is 10.7. The Bertz CT molecular complexity index is 454. The lowest BCUT2D eigenvalue weighted by atomic mass is 9.89. The van der Waals surface area contributed by atoms with Gasteiger partial charge in [0.15, 0.2) is 0 Å². The largest absolute Gasteiger partial charge is 0.324 e. The number of hydrogen-bond acceptors (Lipinski definition) is 3. The molecule has 90 valence electrons. The molecular weight excluding hydrogens is 216 g/mol. The van der Waals surface area contributed by atoms with Crippen molar-refractivity contribution in [2.45, 2.75) is 31.7 Å². The molecule has 4 heteroatoms. The maximum Gasteiger partial charge on any atom is 0.270 e. The van der Waals surface area contributed by atoms with Gasteiger partial charge in [0.1, 0.15) is 0 Å². The van der Waals surface area contributed by atoms with Gasteiger partial charge in [-0.2, -0.15) is 0 Å². The first kappa shape index (κ1) is 11.8. The number of benzene rings is 1. The molecule has 0 aromatic heterocycles. The highest BCUT2D eigenvalue weighted by Gasteiger charge is 2.14. The summed E-state index contributed by atoms with van der Waals surface area (Å²) in [6, 6.07) is 6.79. The Kier molecular flexibility index (Phi) is 3.54. The second-order valence-electron chi connectivity index (χ2n) is 4.42. The van der Waals surface area contributed by atoms with Crippen LogP contribution in [-0.2, 0) is 0 Å². The summed E-state index contributed by atoms with van der Waals surface area (Å²) in [7, 11) is 0. The summed E-state index contributed by atoms with van der Waals surface area (Å²) >= 11 is 0. The SMILES string of the molecule is NC1CCCCC1=Cc1cccc([N+](=O)[O-])c1. The maximum absolute atomic E-state index is 10.7. The average Bonchev–Trinajstić information content (AvgIpc) is 2.32. The predicted molar refractivity (Wildman–Crippen MR) is 67.5 cm³/mol. The van der Waals surface area contributed by atoms with Gasteiger partial charge < -0.3 is 5.73 Å². The monoisotopic (exact) mass is 232 g/mol. The minimum Gasteiger partial charge on any atom is -0.324 e. The molecule has 2 N–H and O–H groups in total. The number of nitro groups is 1. The Morgan fingerprint density at radius 1 is 1.41 bits per heavy atom. The quantitative estimate of drug-likeness (QED) is 0.629. The molecule has 17 heavy (non-hydrogen) atoms. The number of nitro benzene ring substituents is 1. The third-order valence-corrected chi connectivity index (χ3v) is 3.14. The fourth-order valence-corrected chi connectivity index (χ4v) is 2.19. The molecule has 0 amide bonds. The molecule has 4 nitrogen and oxygen atoms in total. The first-order chi connectivity index (χ1) is 8.16. The summed E-state index contributed by atoms with van der Waals surface area (Å²) < 4.78 is 0. The van der Waals surface area contributed by atoms with E-state index in [1.54, 1.807) is 12.1 Å². The summed E-state index contributed by atoms with van der Waals surface area (Å²) in [4.78, 5) is 10.3. The van der Waals surface area contributed by atoms with Crippen molar-refractivity contribution in [1.82, 2.24) is 0 Å². The molecular formula is C13H16N2O2. The van der Waals surface area contributed by atoms with Crippen molar-refractivity contribution in [3.05, 3.63) is 45.5 Å². The van der Waals surface area contributed by atoms with E-state index in [1.807, 2.05) is 12.1 Å². The molecule has 1 aromatic rings. The average molecular weight is 232 g/mol. The zero-order chi connectivity index (χ0) is 12.3. The number of hydrogen-bond donors (Lipinski definition) is 1. The van der Waals surface area contributed by atoms with E-state index in [-0.39, 0.29) is 16.7 Å². The van der Waals surface area contributed by atoms with E-state index < -0.39 is 0 Å². The number of rotatable bonds is 2. The molecule has 1 saturated carbocycles. The van der Waals surface area contributed by atoms with Gasteiger partial charge in [-0.05, 0) is 24.8 Å². The van der Waals surface area contributed by atoms with E-state index in [1.165, 1.54) is 18.1 Å². The minimum absolute atomic E-state index is 0.114. The lowest BCUT2D eigenvalue weighted by Crippen LogP contribution is -2.25. The Morgan fingerprint density at radius 3 is 2.94 bits per heavy atom. The van der Waals surface area contributed by atoms with Gasteiger partial charge in [0.05, 0.1) is 4.92 Å². The number of nitrogens with two attached hydrogens (primary N) is 1. The first-order valence-electron chi connectivity index (χ1n) is 5.87. The second kappa shape index (κ2) is 5.10. The van der Waals surface area contributed by atoms with Crippen molar-refractivity contribution >= 4 is 11.8 Å². The second-order valence-corrected chi connectivity index (χ2v) is 4.42. The summed E-state index contributed by atoms with van der Waals surface area (Å²) in [5.74, 6) is 0. The Balaban J connectivity index is 2.25. The Hall–Kier alpha value is -1.68. The molecule has 1 aliphatic rings. The van der Waals surface area contributed by atoms with Crippen LogP contribution in [0.5, 0.6) is 0 Å². The van der Waals surface area contributed by atoms with Gasteiger partial charge in [0.2, 0.25) is 0 Å². The topological polar surface area (TPSA) is 69.2 Å². The molecule has 1 aromatic carbocycles. The van der Waals surface area contributed by atoms with Gasteiger partial charge in [-0.15, -0.1) is 0 Å². The van der Waals surface area contributed by atoms with Crippen molar-refractivity contribution in [2.24, 2.45) is 5.73 Å². The van der Waals surface area contributed by atoms with Crippen LogP contribution < -0.4 is 5.73 Å². The molecule has 0 saturated heterocycles. The molecule has 2 rings (SSSR count). The van der Waals surface area contributed by atoms with Crippen molar-refractivity contribution in [1.29, 1.82) is 0 Å². The third-order valence-electron chi connectivity index (χ3n) is 3.14. The Morgan fingerprint density at radius 2 is 2.24 bits per heavy atom. The van der Waals surface area contributed by atoms with Crippen LogP contribution in [0.25, 0.3) is 6.08 Å². The van der Waals surface area contributed by atoms with Gasteiger partial charge in [-0.3, -0.25) is 10.1 Å². The summed E-state index contributed by atoms with van der Waals surface area (Å²) in [6.45, 7) is 0. The smallest absolute Gasteiger partial charge is 0.270 e. The van der Waals surface area contributed by atoms with Gasteiger partial charge in [0.25, 0.3) is 5.69 Å². The fourth-order valence-electron chi connectivity index (χ4n) is 2.19. The van der Waals surface area contributed by atoms with Crippen LogP contribution >= 0.6 is 0 Å². The zero-order valence-corrected chi connectivity index (χ0v) is 9.63.